The molecule has 0 radical (unpaired) electrons. The number of hydrogen-bond donors (Lipinski definition) is 2. The van der Waals surface area contributed by atoms with E-state index in [0.717, 1.165) is 47.5 Å². The van der Waals surface area contributed by atoms with E-state index < -0.39 is 0 Å². The third kappa shape index (κ3) is 3.42. The first-order valence-electron chi connectivity index (χ1n) is 7.47. The van der Waals surface area contributed by atoms with Crippen LogP contribution in [0.25, 0.3) is 11.1 Å². The maximum Gasteiger partial charge on any atom is 0.133 e. The quantitative estimate of drug-likeness (QED) is 0.827. The number of benzene rings is 2. The van der Waals surface area contributed by atoms with Crippen molar-refractivity contribution < 1.29 is 9.84 Å². The summed E-state index contributed by atoms with van der Waals surface area (Å²) in [5, 5.41) is 10.0. The van der Waals surface area contributed by atoms with Crippen LogP contribution < -0.4 is 4.74 Å². The molecule has 1 N–H and O–H groups in total. The van der Waals surface area contributed by atoms with Crippen molar-refractivity contribution >= 4 is 12.6 Å². The van der Waals surface area contributed by atoms with Crippen molar-refractivity contribution in [2.24, 2.45) is 0 Å². The first-order chi connectivity index (χ1) is 10.2. The van der Waals surface area contributed by atoms with Gasteiger partial charge in [0.2, 0.25) is 0 Å². The summed E-state index contributed by atoms with van der Waals surface area (Å²) in [7, 11) is 0. The summed E-state index contributed by atoms with van der Waals surface area (Å²) in [6.07, 6.45) is 3.48. The lowest BCUT2D eigenvalue weighted by Gasteiger charge is -2.28. The molecular formula is C18H20O2S. The summed E-state index contributed by atoms with van der Waals surface area (Å²) in [5.41, 5.74) is 2.29. The molecule has 2 aromatic rings. The molecule has 2 aromatic carbocycles. The van der Waals surface area contributed by atoms with Crippen molar-refractivity contribution in [3.63, 3.8) is 0 Å². The fourth-order valence-corrected chi connectivity index (χ4v) is 3.07. The van der Waals surface area contributed by atoms with Crippen molar-refractivity contribution in [1.29, 1.82) is 0 Å². The molecule has 1 saturated carbocycles. The topological polar surface area (TPSA) is 29.5 Å². The average molecular weight is 300 g/mol. The van der Waals surface area contributed by atoms with Gasteiger partial charge in [-0.25, -0.2) is 0 Å². The molecule has 3 heteroatoms. The fourth-order valence-electron chi connectivity index (χ4n) is 2.81. The Morgan fingerprint density at radius 3 is 2.43 bits per heavy atom. The van der Waals surface area contributed by atoms with Gasteiger partial charge in [0.1, 0.15) is 11.9 Å². The third-order valence-corrected chi connectivity index (χ3v) is 4.36. The number of aliphatic hydroxyl groups is 1. The molecular weight excluding hydrogens is 280 g/mol. The first-order valence-corrected chi connectivity index (χ1v) is 7.92. The van der Waals surface area contributed by atoms with E-state index in [4.69, 9.17) is 4.74 Å². The fraction of sp³-hybridized carbons (Fsp3) is 0.333. The lowest BCUT2D eigenvalue weighted by molar-refractivity contribution is 0.00549. The molecule has 1 aliphatic rings. The van der Waals surface area contributed by atoms with Crippen molar-refractivity contribution in [3.05, 3.63) is 48.5 Å². The highest BCUT2D eigenvalue weighted by molar-refractivity contribution is 7.80. The molecule has 0 spiro atoms. The number of aliphatic hydroxyl groups excluding tert-OH is 1. The van der Waals surface area contributed by atoms with E-state index in [-0.39, 0.29) is 12.2 Å². The Bertz CT molecular complexity index is 597. The van der Waals surface area contributed by atoms with Gasteiger partial charge in [0, 0.05) is 4.90 Å². The van der Waals surface area contributed by atoms with Crippen molar-refractivity contribution in [1.82, 2.24) is 0 Å². The summed E-state index contributed by atoms with van der Waals surface area (Å²) in [6, 6.07) is 16.2. The van der Waals surface area contributed by atoms with E-state index in [9.17, 15) is 5.11 Å². The summed E-state index contributed by atoms with van der Waals surface area (Å²) in [4.78, 5) is 0.814. The molecule has 0 bridgehead atoms. The van der Waals surface area contributed by atoms with Crippen LogP contribution in [-0.4, -0.2) is 17.3 Å². The second-order valence-corrected chi connectivity index (χ2v) is 6.04. The van der Waals surface area contributed by atoms with Crippen LogP contribution in [0.3, 0.4) is 0 Å². The van der Waals surface area contributed by atoms with Crippen LogP contribution in [0, 0.1) is 0 Å². The highest BCUT2D eigenvalue weighted by Crippen LogP contribution is 2.32. The molecule has 0 saturated heterocycles. The van der Waals surface area contributed by atoms with Crippen molar-refractivity contribution in [2.45, 2.75) is 42.8 Å². The molecule has 110 valence electrons. The Morgan fingerprint density at radius 2 is 1.71 bits per heavy atom. The van der Waals surface area contributed by atoms with Crippen LogP contribution >= 0.6 is 12.6 Å². The van der Waals surface area contributed by atoms with E-state index in [1.165, 1.54) is 0 Å². The summed E-state index contributed by atoms with van der Waals surface area (Å²) >= 11 is 4.54. The van der Waals surface area contributed by atoms with Crippen LogP contribution in [0.5, 0.6) is 5.75 Å². The second kappa shape index (κ2) is 6.54. The molecule has 1 aliphatic carbocycles. The standard InChI is InChI=1S/C18H20O2S/c19-15-8-4-5-9-16(15)20-17-11-10-14(12-18(17)21)13-6-2-1-3-7-13/h1-3,6-7,10-12,15-16,19,21H,4-5,8-9H2. The average Bonchev–Trinajstić information content (AvgIpc) is 2.52. The van der Waals surface area contributed by atoms with Gasteiger partial charge in [-0.15, -0.1) is 12.6 Å². The van der Waals surface area contributed by atoms with Gasteiger partial charge in [-0.2, -0.15) is 0 Å². The predicted molar refractivity (Wildman–Crippen MR) is 88.0 cm³/mol. The highest BCUT2D eigenvalue weighted by Gasteiger charge is 2.25. The largest absolute Gasteiger partial charge is 0.487 e. The first kappa shape index (κ1) is 14.5. The van der Waals surface area contributed by atoms with Crippen LogP contribution in [0.1, 0.15) is 25.7 Å². The zero-order chi connectivity index (χ0) is 14.7. The molecule has 2 nitrogen and oxygen atoms in total. The molecule has 0 amide bonds. The van der Waals surface area contributed by atoms with Crippen LogP contribution in [-0.2, 0) is 0 Å². The minimum atomic E-state index is -0.361. The summed E-state index contributed by atoms with van der Waals surface area (Å²) in [5.74, 6) is 0.754. The number of hydrogen-bond acceptors (Lipinski definition) is 3. The van der Waals surface area contributed by atoms with E-state index in [1.54, 1.807) is 0 Å². The Labute approximate surface area is 131 Å². The third-order valence-electron chi connectivity index (χ3n) is 4.01. The molecule has 1 fully saturated rings. The minimum absolute atomic E-state index is 0.104. The zero-order valence-electron chi connectivity index (χ0n) is 11.9. The smallest absolute Gasteiger partial charge is 0.133 e. The number of rotatable bonds is 3. The summed E-state index contributed by atoms with van der Waals surface area (Å²) < 4.78 is 5.96. The number of thiol groups is 1. The Balaban J connectivity index is 1.78. The van der Waals surface area contributed by atoms with Gasteiger partial charge in [0.25, 0.3) is 0 Å². The lowest BCUT2D eigenvalue weighted by atomic mass is 9.95. The highest BCUT2D eigenvalue weighted by atomic mass is 32.1. The maximum atomic E-state index is 10.0. The normalized spacial score (nSPS) is 22.0. The van der Waals surface area contributed by atoms with E-state index in [0.29, 0.717) is 0 Å². The van der Waals surface area contributed by atoms with Gasteiger partial charge >= 0.3 is 0 Å². The molecule has 21 heavy (non-hydrogen) atoms. The molecule has 0 aromatic heterocycles. The predicted octanol–water partition coefficient (Wildman–Crippen LogP) is 4.32. The Kier molecular flexibility index (Phi) is 4.51. The molecule has 2 atom stereocenters. The monoisotopic (exact) mass is 300 g/mol. The van der Waals surface area contributed by atoms with E-state index in [1.807, 2.05) is 36.4 Å². The Morgan fingerprint density at radius 1 is 0.952 bits per heavy atom. The van der Waals surface area contributed by atoms with Crippen molar-refractivity contribution in [2.75, 3.05) is 0 Å². The maximum absolute atomic E-state index is 10.0. The Hall–Kier alpha value is -1.45. The van der Waals surface area contributed by atoms with Gasteiger partial charge in [-0.05, 0) is 42.5 Å². The van der Waals surface area contributed by atoms with Gasteiger partial charge in [0.15, 0.2) is 0 Å². The van der Waals surface area contributed by atoms with Gasteiger partial charge in [-0.1, -0.05) is 42.8 Å². The lowest BCUT2D eigenvalue weighted by Crippen LogP contribution is -2.34. The van der Waals surface area contributed by atoms with Gasteiger partial charge in [0.05, 0.1) is 6.10 Å². The summed E-state index contributed by atoms with van der Waals surface area (Å²) in [6.45, 7) is 0. The van der Waals surface area contributed by atoms with Crippen LogP contribution in [0.15, 0.2) is 53.4 Å². The van der Waals surface area contributed by atoms with Crippen LogP contribution in [0.4, 0.5) is 0 Å². The van der Waals surface area contributed by atoms with E-state index in [2.05, 4.69) is 24.8 Å². The minimum Gasteiger partial charge on any atom is -0.487 e. The van der Waals surface area contributed by atoms with E-state index >= 15 is 0 Å². The van der Waals surface area contributed by atoms with Gasteiger partial charge in [-0.3, -0.25) is 0 Å². The van der Waals surface area contributed by atoms with Crippen LogP contribution in [0.2, 0.25) is 0 Å². The molecule has 3 rings (SSSR count). The number of ether oxygens (including phenoxy) is 1. The second-order valence-electron chi connectivity index (χ2n) is 5.56. The van der Waals surface area contributed by atoms with Crippen molar-refractivity contribution in [3.8, 4) is 16.9 Å². The SMILES string of the molecule is OC1CCCCC1Oc1ccc(-c2ccccc2)cc1S. The molecule has 2 unspecified atom stereocenters. The zero-order valence-corrected chi connectivity index (χ0v) is 12.8. The molecule has 0 heterocycles. The van der Waals surface area contributed by atoms with Gasteiger partial charge < -0.3 is 9.84 Å². The molecule has 0 aliphatic heterocycles.